The Morgan fingerprint density at radius 2 is 1.78 bits per heavy atom. The van der Waals surface area contributed by atoms with Gasteiger partial charge in [-0.1, -0.05) is 12.1 Å². The highest BCUT2D eigenvalue weighted by Crippen LogP contribution is 2.29. The first-order valence-electron chi connectivity index (χ1n) is 9.27. The number of nitrogens with one attached hydrogen (secondary N) is 2. The Labute approximate surface area is 160 Å². The van der Waals surface area contributed by atoms with E-state index in [0.717, 1.165) is 18.4 Å². The van der Waals surface area contributed by atoms with E-state index in [1.165, 1.54) is 0 Å². The SMILES string of the molecule is CNC(=O)c1ccc(CN(C(=O)CCNC(=O)OC(C)(C)C)C2CC2)cc1. The quantitative estimate of drug-likeness (QED) is 0.766. The maximum absolute atomic E-state index is 12.6. The lowest BCUT2D eigenvalue weighted by molar-refractivity contribution is -0.132. The number of carbonyl (C=O) groups is 3. The van der Waals surface area contributed by atoms with Gasteiger partial charge in [-0.2, -0.15) is 0 Å². The number of ether oxygens (including phenoxy) is 1. The number of nitrogens with zero attached hydrogens (tertiary/aromatic N) is 1. The average Bonchev–Trinajstić information content (AvgIpc) is 3.42. The number of amides is 3. The third kappa shape index (κ3) is 6.92. The molecule has 2 rings (SSSR count). The van der Waals surface area contributed by atoms with Crippen LogP contribution in [0.3, 0.4) is 0 Å². The van der Waals surface area contributed by atoms with Gasteiger partial charge in [-0.3, -0.25) is 9.59 Å². The lowest BCUT2D eigenvalue weighted by Crippen LogP contribution is -2.37. The predicted octanol–water partition coefficient (Wildman–Crippen LogP) is 2.45. The summed E-state index contributed by atoms with van der Waals surface area (Å²) in [5.74, 6) is -0.131. The molecule has 0 atom stereocenters. The van der Waals surface area contributed by atoms with Gasteiger partial charge in [0.25, 0.3) is 5.91 Å². The number of alkyl carbamates (subject to hydrolysis) is 1. The van der Waals surface area contributed by atoms with E-state index in [2.05, 4.69) is 10.6 Å². The predicted molar refractivity (Wildman–Crippen MR) is 102 cm³/mol. The summed E-state index contributed by atoms with van der Waals surface area (Å²) >= 11 is 0. The van der Waals surface area contributed by atoms with E-state index < -0.39 is 11.7 Å². The van der Waals surface area contributed by atoms with Gasteiger partial charge in [0.15, 0.2) is 0 Å². The van der Waals surface area contributed by atoms with Crippen LogP contribution in [0, 0.1) is 0 Å². The second-order valence-corrected chi connectivity index (χ2v) is 7.71. The van der Waals surface area contributed by atoms with E-state index in [0.29, 0.717) is 12.1 Å². The minimum absolute atomic E-state index is 0.00364. The normalized spacial score (nSPS) is 13.6. The third-order valence-corrected chi connectivity index (χ3v) is 4.11. The van der Waals surface area contributed by atoms with Crippen molar-refractivity contribution in [1.82, 2.24) is 15.5 Å². The van der Waals surface area contributed by atoms with E-state index >= 15 is 0 Å². The number of hydrogen-bond donors (Lipinski definition) is 2. The molecule has 2 N–H and O–H groups in total. The van der Waals surface area contributed by atoms with Crippen LogP contribution in [0.4, 0.5) is 4.79 Å². The summed E-state index contributed by atoms with van der Waals surface area (Å²) < 4.78 is 5.17. The van der Waals surface area contributed by atoms with Gasteiger partial charge in [-0.05, 0) is 51.3 Å². The lowest BCUT2D eigenvalue weighted by Gasteiger charge is -2.23. The van der Waals surface area contributed by atoms with Crippen molar-refractivity contribution in [2.24, 2.45) is 0 Å². The summed E-state index contributed by atoms with van der Waals surface area (Å²) in [6.07, 6.45) is 1.72. The van der Waals surface area contributed by atoms with Crippen LogP contribution in [0.15, 0.2) is 24.3 Å². The zero-order chi connectivity index (χ0) is 20.0. The van der Waals surface area contributed by atoms with Crippen LogP contribution < -0.4 is 10.6 Å². The molecule has 27 heavy (non-hydrogen) atoms. The molecule has 1 aliphatic carbocycles. The van der Waals surface area contributed by atoms with Crippen molar-refractivity contribution in [3.05, 3.63) is 35.4 Å². The van der Waals surface area contributed by atoms with Crippen LogP contribution in [0.25, 0.3) is 0 Å². The molecular weight excluding hydrogens is 346 g/mol. The Kier molecular flexibility index (Phi) is 6.82. The third-order valence-electron chi connectivity index (χ3n) is 4.11. The first-order valence-corrected chi connectivity index (χ1v) is 9.27. The molecule has 148 valence electrons. The van der Waals surface area contributed by atoms with E-state index in [1.54, 1.807) is 40.0 Å². The molecule has 1 aromatic carbocycles. The molecule has 0 radical (unpaired) electrons. The molecule has 1 aromatic rings. The van der Waals surface area contributed by atoms with E-state index in [1.807, 2.05) is 17.0 Å². The van der Waals surface area contributed by atoms with Gasteiger partial charge in [0.2, 0.25) is 5.91 Å². The Bertz CT molecular complexity index is 675. The molecule has 0 aliphatic heterocycles. The Morgan fingerprint density at radius 3 is 2.30 bits per heavy atom. The summed E-state index contributed by atoms with van der Waals surface area (Å²) in [5.41, 5.74) is 1.00. The highest BCUT2D eigenvalue weighted by molar-refractivity contribution is 5.93. The maximum atomic E-state index is 12.6. The van der Waals surface area contributed by atoms with Gasteiger partial charge >= 0.3 is 6.09 Å². The Hall–Kier alpha value is -2.57. The average molecular weight is 375 g/mol. The molecule has 1 saturated carbocycles. The topological polar surface area (TPSA) is 87.7 Å². The maximum Gasteiger partial charge on any atom is 0.407 e. The van der Waals surface area contributed by atoms with E-state index in [9.17, 15) is 14.4 Å². The van der Waals surface area contributed by atoms with Crippen molar-refractivity contribution in [3.63, 3.8) is 0 Å². The van der Waals surface area contributed by atoms with Gasteiger partial charge in [0.1, 0.15) is 5.60 Å². The fraction of sp³-hybridized carbons (Fsp3) is 0.550. The molecule has 0 saturated heterocycles. The van der Waals surface area contributed by atoms with Crippen molar-refractivity contribution >= 4 is 17.9 Å². The summed E-state index contributed by atoms with van der Waals surface area (Å²) in [6, 6.07) is 7.51. The molecule has 0 aromatic heterocycles. The number of carbonyl (C=O) groups excluding carboxylic acids is 3. The molecule has 7 heteroatoms. The number of hydrogen-bond acceptors (Lipinski definition) is 4. The highest BCUT2D eigenvalue weighted by Gasteiger charge is 2.32. The largest absolute Gasteiger partial charge is 0.444 e. The van der Waals surface area contributed by atoms with Crippen LogP contribution in [0.5, 0.6) is 0 Å². The second kappa shape index (κ2) is 8.88. The molecule has 1 fully saturated rings. The molecule has 3 amide bonds. The smallest absolute Gasteiger partial charge is 0.407 e. The molecule has 7 nitrogen and oxygen atoms in total. The van der Waals surface area contributed by atoms with Crippen molar-refractivity contribution in [2.75, 3.05) is 13.6 Å². The van der Waals surface area contributed by atoms with Crippen molar-refractivity contribution < 1.29 is 19.1 Å². The fourth-order valence-corrected chi connectivity index (χ4v) is 2.64. The van der Waals surface area contributed by atoms with Gasteiger partial charge in [-0.15, -0.1) is 0 Å². The van der Waals surface area contributed by atoms with Crippen LogP contribution in [-0.2, 0) is 16.1 Å². The molecular formula is C20H29N3O4. The van der Waals surface area contributed by atoms with Crippen LogP contribution in [0.1, 0.15) is 56.0 Å². The van der Waals surface area contributed by atoms with Gasteiger partial charge in [0, 0.05) is 38.2 Å². The van der Waals surface area contributed by atoms with Crippen molar-refractivity contribution in [2.45, 2.75) is 58.2 Å². The van der Waals surface area contributed by atoms with Crippen LogP contribution in [0.2, 0.25) is 0 Å². The molecule has 0 heterocycles. The summed E-state index contributed by atoms with van der Waals surface area (Å²) in [7, 11) is 1.59. The molecule has 1 aliphatic rings. The minimum atomic E-state index is -0.561. The van der Waals surface area contributed by atoms with E-state index in [4.69, 9.17) is 4.74 Å². The summed E-state index contributed by atoms with van der Waals surface area (Å²) in [5, 5.41) is 5.21. The van der Waals surface area contributed by atoms with E-state index in [-0.39, 0.29) is 30.8 Å². The molecule has 0 unspecified atom stereocenters. The van der Waals surface area contributed by atoms with Gasteiger partial charge in [-0.25, -0.2) is 4.79 Å². The van der Waals surface area contributed by atoms with Crippen molar-refractivity contribution in [3.8, 4) is 0 Å². The number of benzene rings is 1. The first-order chi connectivity index (χ1) is 12.7. The summed E-state index contributed by atoms with van der Waals surface area (Å²) in [4.78, 5) is 37.7. The fourth-order valence-electron chi connectivity index (χ4n) is 2.64. The zero-order valence-electron chi connectivity index (χ0n) is 16.5. The Balaban J connectivity index is 1.86. The summed E-state index contributed by atoms with van der Waals surface area (Å²) in [6.45, 7) is 6.13. The van der Waals surface area contributed by atoms with Crippen molar-refractivity contribution in [1.29, 1.82) is 0 Å². The number of rotatable bonds is 7. The second-order valence-electron chi connectivity index (χ2n) is 7.71. The van der Waals surface area contributed by atoms with Gasteiger partial charge < -0.3 is 20.3 Å². The monoisotopic (exact) mass is 375 g/mol. The zero-order valence-corrected chi connectivity index (χ0v) is 16.5. The molecule has 0 bridgehead atoms. The van der Waals surface area contributed by atoms with Crippen LogP contribution in [-0.4, -0.2) is 48.0 Å². The van der Waals surface area contributed by atoms with Gasteiger partial charge in [0.05, 0.1) is 0 Å². The van der Waals surface area contributed by atoms with Crippen LogP contribution >= 0.6 is 0 Å². The standard InChI is InChI=1S/C20H29N3O4/c1-20(2,3)27-19(26)22-12-11-17(24)23(16-9-10-16)13-14-5-7-15(8-6-14)18(25)21-4/h5-8,16H,9-13H2,1-4H3,(H,21,25)(H,22,26). The lowest BCUT2D eigenvalue weighted by atomic mass is 10.1. The minimum Gasteiger partial charge on any atom is -0.444 e. The first kappa shape index (κ1) is 20.7. The Morgan fingerprint density at radius 1 is 1.15 bits per heavy atom. The molecule has 0 spiro atoms. The highest BCUT2D eigenvalue weighted by atomic mass is 16.6.